The van der Waals surface area contributed by atoms with Gasteiger partial charge in [-0.2, -0.15) is 0 Å². The van der Waals surface area contributed by atoms with Crippen LogP contribution in [0.1, 0.15) is 38.8 Å². The van der Waals surface area contributed by atoms with Gasteiger partial charge >= 0.3 is 0 Å². The first-order valence-corrected chi connectivity index (χ1v) is 6.07. The number of hydrogen-bond acceptors (Lipinski definition) is 1. The third-order valence-corrected chi connectivity index (χ3v) is 2.79. The number of hydrogen-bond donors (Lipinski definition) is 1. The van der Waals surface area contributed by atoms with Crippen LogP contribution in [-0.2, 0) is 0 Å². The molecular formula is C15H22N2. The van der Waals surface area contributed by atoms with E-state index in [1.807, 2.05) is 30.3 Å². The first kappa shape index (κ1) is 13.5. The van der Waals surface area contributed by atoms with Gasteiger partial charge in [0.1, 0.15) is 5.84 Å². The molecule has 92 valence electrons. The van der Waals surface area contributed by atoms with Crippen molar-refractivity contribution in [2.75, 3.05) is 0 Å². The Labute approximate surface area is 104 Å². The minimum Gasteiger partial charge on any atom is -0.352 e. The molecule has 0 amide bonds. The molecule has 0 aliphatic carbocycles. The maximum absolute atomic E-state index is 8.28. The first-order valence-electron chi connectivity index (χ1n) is 6.07. The fraction of sp³-hybridized carbons (Fsp3) is 0.400. The summed E-state index contributed by atoms with van der Waals surface area (Å²) in [5.41, 5.74) is 2.04. The molecule has 0 saturated heterocycles. The first-order chi connectivity index (χ1) is 7.97. The molecule has 0 aliphatic heterocycles. The van der Waals surface area contributed by atoms with Crippen LogP contribution in [0, 0.1) is 5.41 Å². The van der Waals surface area contributed by atoms with Crippen molar-refractivity contribution in [3.05, 3.63) is 42.0 Å². The quantitative estimate of drug-likeness (QED) is 0.618. The van der Waals surface area contributed by atoms with Crippen LogP contribution in [0.15, 0.2) is 30.8 Å². The van der Waals surface area contributed by atoms with E-state index in [9.17, 15) is 0 Å². The molecule has 0 aromatic heterocycles. The lowest BCUT2D eigenvalue weighted by molar-refractivity contribution is 0.291. The average Bonchev–Trinajstić information content (AvgIpc) is 2.28. The SMILES string of the molecule is C=Cc1ccc(C(=N)N(C(C)C)C(C)C)cc1. The fourth-order valence-corrected chi connectivity index (χ4v) is 2.04. The van der Waals surface area contributed by atoms with Gasteiger partial charge in [-0.15, -0.1) is 0 Å². The summed E-state index contributed by atoms with van der Waals surface area (Å²) in [6.07, 6.45) is 1.82. The Bertz CT molecular complexity index is 380. The Kier molecular flexibility index (Phi) is 4.50. The fourth-order valence-electron chi connectivity index (χ4n) is 2.04. The minimum atomic E-state index is 0.335. The van der Waals surface area contributed by atoms with Crippen LogP contribution in [0.2, 0.25) is 0 Å². The predicted molar refractivity (Wildman–Crippen MR) is 75.5 cm³/mol. The molecule has 1 aromatic rings. The van der Waals surface area contributed by atoms with E-state index in [1.165, 1.54) is 0 Å². The maximum Gasteiger partial charge on any atom is 0.128 e. The van der Waals surface area contributed by atoms with Gasteiger partial charge in [-0.3, -0.25) is 5.41 Å². The largest absolute Gasteiger partial charge is 0.352 e. The Hall–Kier alpha value is -1.57. The number of nitrogens with zero attached hydrogens (tertiary/aromatic N) is 1. The molecule has 1 N–H and O–H groups in total. The Morgan fingerprint density at radius 1 is 1.12 bits per heavy atom. The van der Waals surface area contributed by atoms with Gasteiger partial charge in [-0.25, -0.2) is 0 Å². The molecule has 0 bridgehead atoms. The van der Waals surface area contributed by atoms with E-state index in [2.05, 4.69) is 39.2 Å². The molecule has 2 heteroatoms. The van der Waals surface area contributed by atoms with E-state index in [4.69, 9.17) is 5.41 Å². The number of rotatable bonds is 4. The number of amidine groups is 1. The lowest BCUT2D eigenvalue weighted by Gasteiger charge is -2.33. The van der Waals surface area contributed by atoms with Crippen molar-refractivity contribution in [1.82, 2.24) is 4.90 Å². The van der Waals surface area contributed by atoms with E-state index in [0.717, 1.165) is 11.1 Å². The number of nitrogens with one attached hydrogen (secondary N) is 1. The summed E-state index contributed by atoms with van der Waals surface area (Å²) < 4.78 is 0. The third-order valence-electron chi connectivity index (χ3n) is 2.79. The van der Waals surface area contributed by atoms with E-state index >= 15 is 0 Å². The van der Waals surface area contributed by atoms with Crippen molar-refractivity contribution in [2.45, 2.75) is 39.8 Å². The summed E-state index contributed by atoms with van der Waals surface area (Å²) in [6, 6.07) is 8.63. The van der Waals surface area contributed by atoms with E-state index < -0.39 is 0 Å². The van der Waals surface area contributed by atoms with Crippen LogP contribution in [0.3, 0.4) is 0 Å². The van der Waals surface area contributed by atoms with Gasteiger partial charge in [0, 0.05) is 17.6 Å². The minimum absolute atomic E-state index is 0.335. The molecule has 0 fully saturated rings. The van der Waals surface area contributed by atoms with Gasteiger partial charge in [0.15, 0.2) is 0 Å². The van der Waals surface area contributed by atoms with Gasteiger partial charge in [0.25, 0.3) is 0 Å². The second kappa shape index (κ2) is 5.67. The average molecular weight is 230 g/mol. The summed E-state index contributed by atoms with van der Waals surface area (Å²) in [6.45, 7) is 12.2. The topological polar surface area (TPSA) is 27.1 Å². The molecular weight excluding hydrogens is 208 g/mol. The molecule has 17 heavy (non-hydrogen) atoms. The van der Waals surface area contributed by atoms with Gasteiger partial charge in [-0.05, 0) is 33.3 Å². The van der Waals surface area contributed by atoms with Crippen LogP contribution in [0.25, 0.3) is 6.08 Å². The standard InChI is InChI=1S/C15H22N2/c1-6-13-7-9-14(10-8-13)15(16)17(11(2)3)12(4)5/h6-12,16H,1H2,2-5H3. The summed E-state index contributed by atoms with van der Waals surface area (Å²) in [5.74, 6) is 0.589. The Morgan fingerprint density at radius 2 is 1.59 bits per heavy atom. The molecule has 2 nitrogen and oxygen atoms in total. The maximum atomic E-state index is 8.28. The molecule has 0 radical (unpaired) electrons. The van der Waals surface area contributed by atoms with Crippen molar-refractivity contribution in [1.29, 1.82) is 5.41 Å². The highest BCUT2D eigenvalue weighted by molar-refractivity contribution is 5.96. The van der Waals surface area contributed by atoms with Gasteiger partial charge in [0.2, 0.25) is 0 Å². The van der Waals surface area contributed by atoms with E-state index in [-0.39, 0.29) is 0 Å². The molecule has 0 spiro atoms. The normalized spacial score (nSPS) is 10.7. The van der Waals surface area contributed by atoms with Crippen LogP contribution >= 0.6 is 0 Å². The highest BCUT2D eigenvalue weighted by atomic mass is 15.2. The highest BCUT2D eigenvalue weighted by Crippen LogP contribution is 2.13. The molecule has 1 rings (SSSR count). The molecule has 0 atom stereocenters. The van der Waals surface area contributed by atoms with Gasteiger partial charge in [-0.1, -0.05) is 36.9 Å². The molecule has 0 saturated carbocycles. The van der Waals surface area contributed by atoms with Crippen molar-refractivity contribution < 1.29 is 0 Å². The summed E-state index contributed by atoms with van der Waals surface area (Å²) in [5, 5.41) is 8.28. The lowest BCUT2D eigenvalue weighted by atomic mass is 10.1. The predicted octanol–water partition coefficient (Wildman–Crippen LogP) is 3.77. The summed E-state index contributed by atoms with van der Waals surface area (Å²) in [7, 11) is 0. The molecule has 0 unspecified atom stereocenters. The second-order valence-corrected chi connectivity index (χ2v) is 4.77. The van der Waals surface area contributed by atoms with Gasteiger partial charge in [0.05, 0.1) is 0 Å². The lowest BCUT2D eigenvalue weighted by Crippen LogP contribution is -2.42. The molecule has 0 heterocycles. The third kappa shape index (κ3) is 3.19. The van der Waals surface area contributed by atoms with Crippen LogP contribution in [-0.4, -0.2) is 22.8 Å². The summed E-state index contributed by atoms with van der Waals surface area (Å²) in [4.78, 5) is 2.11. The van der Waals surface area contributed by atoms with E-state index in [1.54, 1.807) is 0 Å². The zero-order chi connectivity index (χ0) is 13.0. The van der Waals surface area contributed by atoms with Crippen molar-refractivity contribution in [3.63, 3.8) is 0 Å². The van der Waals surface area contributed by atoms with Crippen molar-refractivity contribution >= 4 is 11.9 Å². The Balaban J connectivity index is 2.97. The zero-order valence-electron chi connectivity index (χ0n) is 11.2. The molecule has 1 aromatic carbocycles. The van der Waals surface area contributed by atoms with Crippen LogP contribution in [0.5, 0.6) is 0 Å². The van der Waals surface area contributed by atoms with Gasteiger partial charge < -0.3 is 4.90 Å². The second-order valence-electron chi connectivity index (χ2n) is 4.77. The summed E-state index contributed by atoms with van der Waals surface area (Å²) >= 11 is 0. The smallest absolute Gasteiger partial charge is 0.128 e. The highest BCUT2D eigenvalue weighted by Gasteiger charge is 2.17. The van der Waals surface area contributed by atoms with Crippen LogP contribution < -0.4 is 0 Å². The van der Waals surface area contributed by atoms with Crippen LogP contribution in [0.4, 0.5) is 0 Å². The molecule has 0 aliphatic rings. The van der Waals surface area contributed by atoms with Crippen molar-refractivity contribution in [3.8, 4) is 0 Å². The number of benzene rings is 1. The monoisotopic (exact) mass is 230 g/mol. The zero-order valence-corrected chi connectivity index (χ0v) is 11.2. The van der Waals surface area contributed by atoms with Crippen molar-refractivity contribution in [2.24, 2.45) is 0 Å². The van der Waals surface area contributed by atoms with E-state index in [0.29, 0.717) is 17.9 Å². The Morgan fingerprint density at radius 3 is 1.94 bits per heavy atom.